The van der Waals surface area contributed by atoms with Gasteiger partial charge in [0.15, 0.2) is 5.96 Å². The van der Waals surface area contributed by atoms with Crippen molar-refractivity contribution in [2.45, 2.75) is 32.8 Å². The molecule has 1 aliphatic rings. The zero-order valence-electron chi connectivity index (χ0n) is 17.2. The Morgan fingerprint density at radius 1 is 1.29 bits per heavy atom. The first-order chi connectivity index (χ1) is 12.9. The molecule has 28 heavy (non-hydrogen) atoms. The van der Waals surface area contributed by atoms with Crippen LogP contribution in [0.15, 0.2) is 23.2 Å². The van der Waals surface area contributed by atoms with E-state index in [2.05, 4.69) is 34.4 Å². The highest BCUT2D eigenvalue weighted by Crippen LogP contribution is 2.19. The summed E-state index contributed by atoms with van der Waals surface area (Å²) in [6.07, 6.45) is 0.114. The molecule has 1 heterocycles. The molecule has 5 nitrogen and oxygen atoms in total. The fourth-order valence-electron chi connectivity index (χ4n) is 3.28. The smallest absolute Gasteiger partial charge is 0.191 e. The lowest BCUT2D eigenvalue weighted by Gasteiger charge is -2.34. The summed E-state index contributed by atoms with van der Waals surface area (Å²) in [6.45, 7) is 11.2. The summed E-state index contributed by atoms with van der Waals surface area (Å²) in [7, 11) is 1.70. The first kappa shape index (κ1) is 25.0. The third-order valence-electron chi connectivity index (χ3n) is 4.64. The van der Waals surface area contributed by atoms with E-state index in [9.17, 15) is 8.78 Å². The van der Waals surface area contributed by atoms with Gasteiger partial charge in [-0.25, -0.2) is 8.78 Å². The molecule has 2 unspecified atom stereocenters. The molecule has 0 aromatic heterocycles. The zero-order valence-corrected chi connectivity index (χ0v) is 19.5. The lowest BCUT2D eigenvalue weighted by molar-refractivity contribution is -0.0284. The number of aliphatic imine (C=N–C) groups is 1. The molecule has 0 aliphatic carbocycles. The van der Waals surface area contributed by atoms with Crippen molar-refractivity contribution in [1.82, 2.24) is 15.5 Å². The van der Waals surface area contributed by atoms with E-state index in [1.807, 2.05) is 6.92 Å². The van der Waals surface area contributed by atoms with Gasteiger partial charge in [0.25, 0.3) is 0 Å². The van der Waals surface area contributed by atoms with Crippen LogP contribution in [0, 0.1) is 17.6 Å². The van der Waals surface area contributed by atoms with Crippen molar-refractivity contribution in [3.05, 3.63) is 35.4 Å². The highest BCUT2D eigenvalue weighted by atomic mass is 127. The molecule has 8 heteroatoms. The largest absolute Gasteiger partial charge is 0.374 e. The Morgan fingerprint density at radius 3 is 2.68 bits per heavy atom. The number of hydrogen-bond acceptors (Lipinski definition) is 3. The minimum absolute atomic E-state index is 0. The molecule has 160 valence electrons. The van der Waals surface area contributed by atoms with Gasteiger partial charge in [0.05, 0.1) is 12.7 Å². The van der Waals surface area contributed by atoms with E-state index in [0.717, 1.165) is 32.3 Å². The van der Waals surface area contributed by atoms with E-state index < -0.39 is 11.6 Å². The number of rotatable bonds is 7. The minimum atomic E-state index is -0.562. The summed E-state index contributed by atoms with van der Waals surface area (Å²) < 4.78 is 32.8. The molecule has 0 saturated carbocycles. The molecule has 1 saturated heterocycles. The van der Waals surface area contributed by atoms with Gasteiger partial charge in [-0.3, -0.25) is 9.89 Å². The highest BCUT2D eigenvalue weighted by Gasteiger charge is 2.21. The van der Waals surface area contributed by atoms with Crippen LogP contribution in [0.1, 0.15) is 32.3 Å². The molecule has 1 aliphatic heterocycles. The number of nitrogens with one attached hydrogen (secondary N) is 2. The van der Waals surface area contributed by atoms with E-state index in [0.29, 0.717) is 30.5 Å². The van der Waals surface area contributed by atoms with Crippen LogP contribution in [0.3, 0.4) is 0 Å². The Kier molecular flexibility index (Phi) is 11.2. The van der Waals surface area contributed by atoms with Crippen molar-refractivity contribution < 1.29 is 13.5 Å². The van der Waals surface area contributed by atoms with Gasteiger partial charge >= 0.3 is 0 Å². The minimum Gasteiger partial charge on any atom is -0.374 e. The summed E-state index contributed by atoms with van der Waals surface area (Å²) in [5, 5.41) is 6.48. The van der Waals surface area contributed by atoms with Crippen LogP contribution in [0.4, 0.5) is 8.78 Å². The molecule has 1 aromatic rings. The second-order valence-corrected chi connectivity index (χ2v) is 7.55. The standard InChI is InChI=1S/C20H32F2N4O.HI/c1-14(2)12-26-7-8-27-17(13-26)11-25-20(23-4)24-10-15(3)18-6-5-16(21)9-19(18)22;/h5-6,9,14-15,17H,7-8,10-13H2,1-4H3,(H2,23,24,25);1H. The maximum atomic E-state index is 13.9. The molecule has 2 N–H and O–H groups in total. The van der Waals surface area contributed by atoms with Crippen molar-refractivity contribution in [3.63, 3.8) is 0 Å². The van der Waals surface area contributed by atoms with Gasteiger partial charge in [0.2, 0.25) is 0 Å². The van der Waals surface area contributed by atoms with Crippen molar-refractivity contribution in [3.8, 4) is 0 Å². The number of benzene rings is 1. The number of hydrogen-bond donors (Lipinski definition) is 2. The third kappa shape index (κ3) is 8.16. The van der Waals surface area contributed by atoms with E-state index in [4.69, 9.17) is 4.74 Å². The van der Waals surface area contributed by atoms with Crippen molar-refractivity contribution in [2.75, 3.05) is 46.4 Å². The van der Waals surface area contributed by atoms with Gasteiger partial charge in [-0.1, -0.05) is 26.8 Å². The molecule has 0 spiro atoms. The fraction of sp³-hybridized carbons (Fsp3) is 0.650. The number of halogens is 3. The van der Waals surface area contributed by atoms with Gasteiger partial charge < -0.3 is 15.4 Å². The summed E-state index contributed by atoms with van der Waals surface area (Å²) >= 11 is 0. The lowest BCUT2D eigenvalue weighted by atomic mass is 10.0. The van der Waals surface area contributed by atoms with Gasteiger partial charge in [-0.05, 0) is 17.5 Å². The molecule has 0 bridgehead atoms. The summed E-state index contributed by atoms with van der Waals surface area (Å²) in [6, 6.07) is 3.69. The van der Waals surface area contributed by atoms with Gasteiger partial charge in [-0.15, -0.1) is 24.0 Å². The van der Waals surface area contributed by atoms with Crippen LogP contribution in [-0.4, -0.2) is 63.3 Å². The molecule has 0 amide bonds. The summed E-state index contributed by atoms with van der Waals surface area (Å²) in [5.74, 6) is 0.0889. The first-order valence-electron chi connectivity index (χ1n) is 9.62. The second kappa shape index (κ2) is 12.5. The molecule has 0 radical (unpaired) electrons. The Morgan fingerprint density at radius 2 is 2.04 bits per heavy atom. The Labute approximate surface area is 184 Å². The Bertz CT molecular complexity index is 630. The predicted molar refractivity (Wildman–Crippen MR) is 121 cm³/mol. The SMILES string of the molecule is CN=C(NCC1CN(CC(C)C)CCO1)NCC(C)c1ccc(F)cc1F.I. The molecule has 2 atom stereocenters. The summed E-state index contributed by atoms with van der Waals surface area (Å²) in [5.41, 5.74) is 0.485. The fourth-order valence-corrected chi connectivity index (χ4v) is 3.28. The van der Waals surface area contributed by atoms with Crippen LogP contribution >= 0.6 is 24.0 Å². The maximum absolute atomic E-state index is 13.9. The molecule has 2 rings (SSSR count). The topological polar surface area (TPSA) is 48.9 Å². The zero-order chi connectivity index (χ0) is 19.8. The van der Waals surface area contributed by atoms with Crippen molar-refractivity contribution >= 4 is 29.9 Å². The van der Waals surface area contributed by atoms with Gasteiger partial charge in [0, 0.05) is 51.8 Å². The number of ether oxygens (including phenoxy) is 1. The monoisotopic (exact) mass is 510 g/mol. The number of nitrogens with zero attached hydrogens (tertiary/aromatic N) is 2. The third-order valence-corrected chi connectivity index (χ3v) is 4.64. The van der Waals surface area contributed by atoms with E-state index in [1.54, 1.807) is 7.05 Å². The van der Waals surface area contributed by atoms with Gasteiger partial charge in [-0.2, -0.15) is 0 Å². The summed E-state index contributed by atoms with van der Waals surface area (Å²) in [4.78, 5) is 6.64. The second-order valence-electron chi connectivity index (χ2n) is 7.55. The van der Waals surface area contributed by atoms with Crippen molar-refractivity contribution in [2.24, 2.45) is 10.9 Å². The van der Waals surface area contributed by atoms with Crippen LogP contribution in [-0.2, 0) is 4.74 Å². The lowest BCUT2D eigenvalue weighted by Crippen LogP contribution is -2.50. The van der Waals surface area contributed by atoms with Crippen LogP contribution in [0.2, 0.25) is 0 Å². The van der Waals surface area contributed by atoms with Crippen molar-refractivity contribution in [1.29, 1.82) is 0 Å². The highest BCUT2D eigenvalue weighted by molar-refractivity contribution is 14.0. The number of guanidine groups is 1. The average Bonchev–Trinajstić information content (AvgIpc) is 2.61. The Balaban J connectivity index is 0.00000392. The van der Waals surface area contributed by atoms with E-state index in [1.165, 1.54) is 12.1 Å². The average molecular weight is 510 g/mol. The normalized spacial score (nSPS) is 19.2. The molecular formula is C20H33F2IN4O. The first-order valence-corrected chi connectivity index (χ1v) is 9.62. The van der Waals surface area contributed by atoms with Crippen LogP contribution < -0.4 is 10.6 Å². The Hall–Kier alpha value is -1.00. The quantitative estimate of drug-likeness (QED) is 0.336. The van der Waals surface area contributed by atoms with Gasteiger partial charge in [0.1, 0.15) is 11.6 Å². The van der Waals surface area contributed by atoms with Crippen LogP contribution in [0.25, 0.3) is 0 Å². The number of morpholine rings is 1. The molecule has 1 fully saturated rings. The molecular weight excluding hydrogens is 477 g/mol. The molecule has 1 aromatic carbocycles. The predicted octanol–water partition coefficient (Wildman–Crippen LogP) is 3.21. The maximum Gasteiger partial charge on any atom is 0.191 e. The van der Waals surface area contributed by atoms with E-state index in [-0.39, 0.29) is 36.0 Å². The van der Waals surface area contributed by atoms with Crippen LogP contribution in [0.5, 0.6) is 0 Å². The van der Waals surface area contributed by atoms with E-state index >= 15 is 0 Å².